The number of aryl methyl sites for hydroxylation is 1. The normalized spacial score (nSPS) is 10.9. The molecule has 0 aliphatic heterocycles. The molecule has 13 heavy (non-hydrogen) atoms. The van der Waals surface area contributed by atoms with Crippen LogP contribution < -0.4 is 5.73 Å². The summed E-state index contributed by atoms with van der Waals surface area (Å²) in [5.74, 6) is 0. The highest BCUT2D eigenvalue weighted by Gasteiger charge is 2.02. The van der Waals surface area contributed by atoms with Crippen molar-refractivity contribution in [2.45, 2.75) is 13.3 Å². The van der Waals surface area contributed by atoms with E-state index in [1.165, 1.54) is 11.1 Å². The van der Waals surface area contributed by atoms with E-state index >= 15 is 0 Å². The molecule has 0 unspecified atom stereocenters. The van der Waals surface area contributed by atoms with Crippen LogP contribution in [0.4, 0.5) is 0 Å². The zero-order valence-electron chi connectivity index (χ0n) is 7.71. The molecule has 0 spiro atoms. The summed E-state index contributed by atoms with van der Waals surface area (Å²) < 4.78 is 5.30. The fourth-order valence-corrected chi connectivity index (χ4v) is 1.58. The van der Waals surface area contributed by atoms with Crippen LogP contribution >= 0.6 is 0 Å². The highest BCUT2D eigenvalue weighted by atomic mass is 16.3. The number of nitrogens with two attached hydrogens (primary N) is 1. The Morgan fingerprint density at radius 2 is 2.23 bits per heavy atom. The Balaban J connectivity index is 2.56. The molecule has 0 aliphatic rings. The maximum absolute atomic E-state index is 5.53. The van der Waals surface area contributed by atoms with E-state index in [-0.39, 0.29) is 0 Å². The molecule has 1 aromatic carbocycles. The van der Waals surface area contributed by atoms with E-state index in [2.05, 4.69) is 19.1 Å². The zero-order valence-corrected chi connectivity index (χ0v) is 7.71. The largest absolute Gasteiger partial charge is 0.464 e. The molecular formula is C11H13NO. The summed E-state index contributed by atoms with van der Waals surface area (Å²) in [6.45, 7) is 2.79. The summed E-state index contributed by atoms with van der Waals surface area (Å²) >= 11 is 0. The monoisotopic (exact) mass is 175 g/mol. The Labute approximate surface area is 77.3 Å². The molecule has 2 rings (SSSR count). The smallest absolute Gasteiger partial charge is 0.134 e. The Hall–Kier alpha value is -1.28. The van der Waals surface area contributed by atoms with Crippen molar-refractivity contribution < 1.29 is 4.42 Å². The lowest BCUT2D eigenvalue weighted by molar-refractivity contribution is 0.615. The van der Waals surface area contributed by atoms with Gasteiger partial charge in [0.25, 0.3) is 0 Å². The fourth-order valence-electron chi connectivity index (χ4n) is 1.58. The van der Waals surface area contributed by atoms with Gasteiger partial charge in [0.1, 0.15) is 5.58 Å². The molecule has 2 heteroatoms. The summed E-state index contributed by atoms with van der Waals surface area (Å²) in [5, 5.41) is 1.16. The lowest BCUT2D eigenvalue weighted by Crippen LogP contribution is -2.03. The second-order valence-corrected chi connectivity index (χ2v) is 3.28. The molecule has 0 atom stereocenters. The van der Waals surface area contributed by atoms with Crippen molar-refractivity contribution in [2.24, 2.45) is 5.73 Å². The lowest BCUT2D eigenvalue weighted by Gasteiger charge is -2.03. The van der Waals surface area contributed by atoms with E-state index in [1.54, 1.807) is 6.26 Å². The number of fused-ring (bicyclic) bond motifs is 1. The fraction of sp³-hybridized carbons (Fsp3) is 0.273. The van der Waals surface area contributed by atoms with Crippen LogP contribution in [0.3, 0.4) is 0 Å². The van der Waals surface area contributed by atoms with Crippen LogP contribution in [0.5, 0.6) is 0 Å². The van der Waals surface area contributed by atoms with Gasteiger partial charge >= 0.3 is 0 Å². The second-order valence-electron chi connectivity index (χ2n) is 3.28. The van der Waals surface area contributed by atoms with Crippen LogP contribution in [-0.2, 0) is 6.42 Å². The van der Waals surface area contributed by atoms with E-state index in [9.17, 15) is 0 Å². The van der Waals surface area contributed by atoms with Gasteiger partial charge in [0.2, 0.25) is 0 Å². The molecule has 0 amide bonds. The van der Waals surface area contributed by atoms with Gasteiger partial charge in [-0.05, 0) is 49.2 Å². The first-order valence-corrected chi connectivity index (χ1v) is 4.48. The minimum atomic E-state index is 0.699. The number of furan rings is 1. The average Bonchev–Trinajstić information content (AvgIpc) is 2.52. The quantitative estimate of drug-likeness (QED) is 0.760. The third-order valence-electron chi connectivity index (χ3n) is 2.32. The van der Waals surface area contributed by atoms with E-state index in [4.69, 9.17) is 10.2 Å². The van der Waals surface area contributed by atoms with Crippen LogP contribution in [0, 0.1) is 6.92 Å². The van der Waals surface area contributed by atoms with Crippen molar-refractivity contribution >= 4 is 11.0 Å². The standard InChI is InChI=1S/C11H13NO/c1-8-6-11-10(3-5-13-11)7-9(8)2-4-12/h3,5-7H,2,4,12H2,1H3. The molecular weight excluding hydrogens is 162 g/mol. The number of hydrogen-bond donors (Lipinski definition) is 1. The highest BCUT2D eigenvalue weighted by Crippen LogP contribution is 2.20. The van der Waals surface area contributed by atoms with Gasteiger partial charge in [-0.25, -0.2) is 0 Å². The molecule has 0 saturated carbocycles. The maximum Gasteiger partial charge on any atom is 0.134 e. The first kappa shape index (κ1) is 8.32. The third-order valence-corrected chi connectivity index (χ3v) is 2.32. The minimum absolute atomic E-state index is 0.699. The van der Waals surface area contributed by atoms with Gasteiger partial charge in [-0.3, -0.25) is 0 Å². The molecule has 1 heterocycles. The van der Waals surface area contributed by atoms with Crippen LogP contribution in [0.15, 0.2) is 28.9 Å². The molecule has 0 bridgehead atoms. The molecule has 2 N–H and O–H groups in total. The van der Waals surface area contributed by atoms with Crippen LogP contribution in [-0.4, -0.2) is 6.54 Å². The Morgan fingerprint density at radius 1 is 1.38 bits per heavy atom. The number of hydrogen-bond acceptors (Lipinski definition) is 2. The highest BCUT2D eigenvalue weighted by molar-refractivity contribution is 5.78. The van der Waals surface area contributed by atoms with E-state index in [0.717, 1.165) is 17.4 Å². The predicted molar refractivity (Wildman–Crippen MR) is 53.7 cm³/mol. The van der Waals surface area contributed by atoms with Crippen molar-refractivity contribution in [1.29, 1.82) is 0 Å². The summed E-state index contributed by atoms with van der Waals surface area (Å²) in [7, 11) is 0. The van der Waals surface area contributed by atoms with Crippen molar-refractivity contribution in [3.05, 3.63) is 35.6 Å². The SMILES string of the molecule is Cc1cc2occc2cc1CCN. The molecule has 2 aromatic rings. The summed E-state index contributed by atoms with van der Waals surface area (Å²) in [5.41, 5.74) is 9.06. The Bertz CT molecular complexity index is 417. The van der Waals surface area contributed by atoms with Crippen molar-refractivity contribution in [3.63, 3.8) is 0 Å². The molecule has 2 nitrogen and oxygen atoms in total. The van der Waals surface area contributed by atoms with Gasteiger partial charge in [-0.1, -0.05) is 0 Å². The van der Waals surface area contributed by atoms with Gasteiger partial charge < -0.3 is 10.2 Å². The van der Waals surface area contributed by atoms with E-state index in [1.807, 2.05) is 6.07 Å². The molecule has 0 saturated heterocycles. The van der Waals surface area contributed by atoms with Gasteiger partial charge in [-0.15, -0.1) is 0 Å². The molecule has 0 aliphatic carbocycles. The first-order valence-electron chi connectivity index (χ1n) is 4.48. The topological polar surface area (TPSA) is 39.2 Å². The van der Waals surface area contributed by atoms with E-state index < -0.39 is 0 Å². The minimum Gasteiger partial charge on any atom is -0.464 e. The Kier molecular flexibility index (Phi) is 2.07. The molecule has 0 fully saturated rings. The summed E-state index contributed by atoms with van der Waals surface area (Å²) in [4.78, 5) is 0. The Morgan fingerprint density at radius 3 is 3.00 bits per heavy atom. The van der Waals surface area contributed by atoms with Crippen molar-refractivity contribution in [1.82, 2.24) is 0 Å². The molecule has 68 valence electrons. The lowest BCUT2D eigenvalue weighted by atomic mass is 10.0. The van der Waals surface area contributed by atoms with Crippen molar-refractivity contribution in [2.75, 3.05) is 6.54 Å². The molecule has 1 aromatic heterocycles. The number of benzene rings is 1. The number of rotatable bonds is 2. The summed E-state index contributed by atoms with van der Waals surface area (Å²) in [6.07, 6.45) is 2.66. The van der Waals surface area contributed by atoms with Crippen molar-refractivity contribution in [3.8, 4) is 0 Å². The van der Waals surface area contributed by atoms with E-state index in [0.29, 0.717) is 6.54 Å². The van der Waals surface area contributed by atoms with Crippen LogP contribution in [0.1, 0.15) is 11.1 Å². The molecule has 0 radical (unpaired) electrons. The zero-order chi connectivity index (χ0) is 9.26. The first-order chi connectivity index (χ1) is 6.31. The van der Waals surface area contributed by atoms with Crippen LogP contribution in [0.2, 0.25) is 0 Å². The van der Waals surface area contributed by atoms with Gasteiger partial charge in [-0.2, -0.15) is 0 Å². The predicted octanol–water partition coefficient (Wildman–Crippen LogP) is 2.24. The average molecular weight is 175 g/mol. The maximum atomic E-state index is 5.53. The van der Waals surface area contributed by atoms with Gasteiger partial charge in [0.05, 0.1) is 6.26 Å². The summed E-state index contributed by atoms with van der Waals surface area (Å²) in [6, 6.07) is 6.20. The van der Waals surface area contributed by atoms with Gasteiger partial charge in [0.15, 0.2) is 0 Å². The third kappa shape index (κ3) is 1.45. The van der Waals surface area contributed by atoms with Crippen LogP contribution in [0.25, 0.3) is 11.0 Å². The van der Waals surface area contributed by atoms with Gasteiger partial charge in [0, 0.05) is 5.39 Å². The second kappa shape index (κ2) is 3.23.